The minimum absolute atomic E-state index is 0.818. The molecule has 4 aromatic carbocycles. The maximum absolute atomic E-state index is 18.3. The zero-order chi connectivity index (χ0) is 21.3. The van der Waals surface area contributed by atoms with Gasteiger partial charge < -0.3 is 4.32 Å². The summed E-state index contributed by atoms with van der Waals surface area (Å²) in [7, 11) is 0. The Morgan fingerprint density at radius 2 is 1.00 bits per heavy atom. The Kier molecular flexibility index (Phi) is 3.82. The molecule has 1 aliphatic heterocycles. The molecule has 0 saturated carbocycles. The molecule has 7 rings (SSSR count). The van der Waals surface area contributed by atoms with Gasteiger partial charge in [0.05, 0.1) is 0 Å². The van der Waals surface area contributed by atoms with Crippen LogP contribution in [0.25, 0.3) is 43.8 Å². The standard InChI is InChI=1S/C28H17BFS2/c30-29(26-20-9-3-1-7-18(20)17-19-8-2-4-10-21(19)26)27-24(13-15-31-27)22-11-5-6-12-23(22)25-14-16-32-28(25)29/h1-17H/q-1. The highest BCUT2D eigenvalue weighted by atomic mass is 32.1. The second kappa shape index (κ2) is 6.65. The molecule has 32 heavy (non-hydrogen) atoms. The lowest BCUT2D eigenvalue weighted by Gasteiger charge is -2.36. The molecule has 0 atom stereocenters. The van der Waals surface area contributed by atoms with Gasteiger partial charge in [0.2, 0.25) is 0 Å². The first-order valence-electron chi connectivity index (χ1n) is 10.8. The van der Waals surface area contributed by atoms with Crippen LogP contribution in [0, 0.1) is 0 Å². The Balaban J connectivity index is 1.73. The smallest absolute Gasteiger partial charge is 0.254 e. The van der Waals surface area contributed by atoms with E-state index in [2.05, 4.69) is 66.7 Å². The fourth-order valence-electron chi connectivity index (χ4n) is 5.51. The first-order valence-corrected chi connectivity index (χ1v) is 12.5. The van der Waals surface area contributed by atoms with Gasteiger partial charge in [-0.3, -0.25) is 0 Å². The van der Waals surface area contributed by atoms with Gasteiger partial charge in [0.1, 0.15) is 0 Å². The molecule has 152 valence electrons. The molecular weight excluding hydrogens is 430 g/mol. The number of hydrogen-bond acceptors (Lipinski definition) is 2. The Labute approximate surface area is 193 Å². The van der Waals surface area contributed by atoms with Crippen LogP contribution in [-0.4, -0.2) is 6.42 Å². The molecule has 0 spiro atoms. The summed E-state index contributed by atoms with van der Waals surface area (Å²) in [6.45, 7) is 0. The van der Waals surface area contributed by atoms with Gasteiger partial charge in [0.25, 0.3) is 6.42 Å². The fraction of sp³-hybridized carbons (Fsp3) is 0. The monoisotopic (exact) mass is 447 g/mol. The molecule has 0 unspecified atom stereocenters. The molecule has 0 nitrogen and oxygen atoms in total. The molecule has 1 aliphatic rings. The van der Waals surface area contributed by atoms with Gasteiger partial charge in [-0.1, -0.05) is 72.8 Å². The molecule has 0 radical (unpaired) electrons. The van der Waals surface area contributed by atoms with Crippen molar-refractivity contribution in [2.45, 2.75) is 0 Å². The maximum Gasteiger partial charge on any atom is 0.254 e. The van der Waals surface area contributed by atoms with Crippen molar-refractivity contribution in [3.8, 4) is 22.3 Å². The number of halogens is 1. The summed E-state index contributed by atoms with van der Waals surface area (Å²) < 4.78 is 20.0. The summed E-state index contributed by atoms with van der Waals surface area (Å²) in [6, 6.07) is 31.2. The summed E-state index contributed by atoms with van der Waals surface area (Å²) in [6.07, 6.45) is -2.66. The van der Waals surface area contributed by atoms with Gasteiger partial charge in [-0.05, 0) is 72.8 Å². The molecular formula is C28H17BFS2-. The number of rotatable bonds is 1. The van der Waals surface area contributed by atoms with Crippen LogP contribution in [0.15, 0.2) is 102 Å². The number of thiophene rings is 2. The Morgan fingerprint density at radius 1 is 0.531 bits per heavy atom. The summed E-state index contributed by atoms with van der Waals surface area (Å²) in [5.41, 5.74) is 5.10. The van der Waals surface area contributed by atoms with Crippen LogP contribution in [0.3, 0.4) is 0 Å². The van der Waals surface area contributed by atoms with Gasteiger partial charge in [0.15, 0.2) is 0 Å². The molecule has 3 heterocycles. The molecule has 0 amide bonds. The predicted molar refractivity (Wildman–Crippen MR) is 140 cm³/mol. The zero-order valence-electron chi connectivity index (χ0n) is 17.1. The summed E-state index contributed by atoms with van der Waals surface area (Å²) in [5, 5.41) is 8.25. The Morgan fingerprint density at radius 3 is 1.53 bits per heavy atom. The molecule has 0 N–H and O–H groups in total. The Bertz CT molecular complexity index is 1540. The third-order valence-electron chi connectivity index (χ3n) is 6.83. The normalized spacial score (nSPS) is 14.0. The van der Waals surface area contributed by atoms with E-state index < -0.39 is 6.42 Å². The van der Waals surface area contributed by atoms with Crippen molar-refractivity contribution >= 4 is 65.7 Å². The molecule has 2 aromatic heterocycles. The highest BCUT2D eigenvalue weighted by Gasteiger charge is 2.40. The van der Waals surface area contributed by atoms with Crippen LogP contribution in [0.1, 0.15) is 0 Å². The average molecular weight is 447 g/mol. The van der Waals surface area contributed by atoms with Crippen molar-refractivity contribution in [2.75, 3.05) is 0 Å². The van der Waals surface area contributed by atoms with Gasteiger partial charge in [-0.15, -0.1) is 9.55 Å². The van der Waals surface area contributed by atoms with Crippen molar-refractivity contribution in [2.24, 2.45) is 0 Å². The minimum Gasteiger partial charge on any atom is -0.496 e. The largest absolute Gasteiger partial charge is 0.496 e. The topological polar surface area (TPSA) is 0 Å². The summed E-state index contributed by atoms with van der Waals surface area (Å²) in [5.74, 6) is 0. The van der Waals surface area contributed by atoms with E-state index >= 15 is 4.32 Å². The van der Waals surface area contributed by atoms with Gasteiger partial charge in [-0.2, -0.15) is 28.1 Å². The maximum atomic E-state index is 18.3. The lowest BCUT2D eigenvalue weighted by atomic mass is 9.35. The molecule has 6 aromatic rings. The number of hydrogen-bond donors (Lipinski definition) is 0. The van der Waals surface area contributed by atoms with E-state index in [-0.39, 0.29) is 0 Å². The third kappa shape index (κ3) is 2.31. The van der Waals surface area contributed by atoms with E-state index in [4.69, 9.17) is 0 Å². The average Bonchev–Trinajstić information content (AvgIpc) is 3.51. The van der Waals surface area contributed by atoms with Crippen LogP contribution in [0.2, 0.25) is 0 Å². The second-order valence-electron chi connectivity index (χ2n) is 8.44. The molecule has 0 fully saturated rings. The van der Waals surface area contributed by atoms with Crippen molar-refractivity contribution in [1.29, 1.82) is 0 Å². The van der Waals surface area contributed by atoms with Crippen molar-refractivity contribution in [1.82, 2.24) is 0 Å². The van der Waals surface area contributed by atoms with Crippen molar-refractivity contribution < 1.29 is 4.32 Å². The number of benzene rings is 4. The van der Waals surface area contributed by atoms with Gasteiger partial charge >= 0.3 is 0 Å². The first kappa shape index (κ1) is 18.4. The van der Waals surface area contributed by atoms with E-state index in [1.165, 1.54) is 0 Å². The van der Waals surface area contributed by atoms with Gasteiger partial charge in [-0.25, -0.2) is 0 Å². The van der Waals surface area contributed by atoms with Crippen LogP contribution >= 0.6 is 22.7 Å². The lowest BCUT2D eigenvalue weighted by molar-refractivity contribution is 0.847. The zero-order valence-corrected chi connectivity index (χ0v) is 18.7. The predicted octanol–water partition coefficient (Wildman–Crippen LogP) is 6.70. The van der Waals surface area contributed by atoms with E-state index in [0.717, 1.165) is 58.8 Å². The van der Waals surface area contributed by atoms with E-state index in [9.17, 15) is 0 Å². The molecule has 0 aliphatic carbocycles. The molecule has 4 heteroatoms. The van der Waals surface area contributed by atoms with Crippen molar-refractivity contribution in [3.05, 3.63) is 102 Å². The SMILES string of the molecule is F[B-]1(c2c3ccccc3cc3ccccc23)c2sccc2-c2ccccc2-c2ccsc21. The van der Waals surface area contributed by atoms with Crippen molar-refractivity contribution in [3.63, 3.8) is 0 Å². The van der Waals surface area contributed by atoms with E-state index in [0.29, 0.717) is 0 Å². The van der Waals surface area contributed by atoms with E-state index in [1.54, 1.807) is 22.7 Å². The van der Waals surface area contributed by atoms with Crippen LogP contribution < -0.4 is 15.0 Å². The molecule has 0 bridgehead atoms. The highest BCUT2D eigenvalue weighted by molar-refractivity contribution is 7.39. The first-order chi connectivity index (χ1) is 15.8. The minimum atomic E-state index is -2.66. The molecule has 0 saturated heterocycles. The Hall–Kier alpha value is -3.21. The van der Waals surface area contributed by atoms with Gasteiger partial charge in [0, 0.05) is 0 Å². The summed E-state index contributed by atoms with van der Waals surface area (Å²) in [4.78, 5) is 0. The van der Waals surface area contributed by atoms with Crippen LogP contribution in [0.5, 0.6) is 0 Å². The third-order valence-corrected chi connectivity index (χ3v) is 8.97. The highest BCUT2D eigenvalue weighted by Crippen LogP contribution is 2.40. The summed E-state index contributed by atoms with van der Waals surface area (Å²) >= 11 is 3.10. The van der Waals surface area contributed by atoms with Crippen LogP contribution in [-0.2, 0) is 0 Å². The lowest BCUT2D eigenvalue weighted by Crippen LogP contribution is -2.63. The number of fused-ring (bicyclic) bond motifs is 7. The van der Waals surface area contributed by atoms with E-state index in [1.807, 2.05) is 35.0 Å². The second-order valence-corrected chi connectivity index (χ2v) is 10.3. The van der Waals surface area contributed by atoms with Crippen LogP contribution in [0.4, 0.5) is 4.32 Å². The quantitative estimate of drug-likeness (QED) is 0.194. The fourth-order valence-corrected chi connectivity index (χ4v) is 7.75.